The molecular formula is C41H72O9. The van der Waals surface area contributed by atoms with E-state index < -0.39 is 43.4 Å². The lowest BCUT2D eigenvalue weighted by molar-refractivity contribution is -0.305. The van der Waals surface area contributed by atoms with Crippen molar-refractivity contribution in [2.45, 2.75) is 179 Å². The fourth-order valence-electron chi connectivity index (χ4n) is 5.62. The predicted molar refractivity (Wildman–Crippen MR) is 201 cm³/mol. The molecule has 4 N–H and O–H groups in total. The van der Waals surface area contributed by atoms with E-state index >= 15 is 0 Å². The summed E-state index contributed by atoms with van der Waals surface area (Å²) >= 11 is 0. The summed E-state index contributed by atoms with van der Waals surface area (Å²) in [5, 5.41) is 39.9. The van der Waals surface area contributed by atoms with Gasteiger partial charge >= 0.3 is 5.97 Å². The molecule has 0 aromatic rings. The lowest BCUT2D eigenvalue weighted by Gasteiger charge is -2.39. The van der Waals surface area contributed by atoms with Crippen molar-refractivity contribution in [2.75, 3.05) is 26.4 Å². The van der Waals surface area contributed by atoms with Crippen LogP contribution in [-0.4, -0.2) is 89.6 Å². The number of carbonyl (C=O) groups excluding carboxylic acids is 1. The molecule has 0 bridgehead atoms. The highest BCUT2D eigenvalue weighted by Crippen LogP contribution is 2.22. The second-order valence-electron chi connectivity index (χ2n) is 13.3. The number of esters is 1. The molecule has 6 unspecified atom stereocenters. The van der Waals surface area contributed by atoms with Crippen LogP contribution in [0.15, 0.2) is 48.6 Å². The minimum Gasteiger partial charge on any atom is -0.457 e. The topological polar surface area (TPSA) is 135 Å². The molecule has 1 aliphatic rings. The van der Waals surface area contributed by atoms with Crippen molar-refractivity contribution >= 4 is 5.97 Å². The molecule has 0 aromatic heterocycles. The Hall–Kier alpha value is -1.85. The minimum atomic E-state index is -1.54. The van der Waals surface area contributed by atoms with Crippen molar-refractivity contribution in [3.8, 4) is 0 Å². The molecule has 0 aliphatic carbocycles. The maximum atomic E-state index is 12.7. The zero-order chi connectivity index (χ0) is 36.5. The van der Waals surface area contributed by atoms with Crippen molar-refractivity contribution < 1.29 is 44.2 Å². The summed E-state index contributed by atoms with van der Waals surface area (Å²) in [5.74, 6) is -0.347. The van der Waals surface area contributed by atoms with E-state index in [1.165, 1.54) is 51.4 Å². The van der Waals surface area contributed by atoms with Gasteiger partial charge in [-0.05, 0) is 70.6 Å². The van der Waals surface area contributed by atoms with Gasteiger partial charge in [0.1, 0.15) is 30.5 Å². The summed E-state index contributed by atoms with van der Waals surface area (Å²) in [5.41, 5.74) is 0. The molecule has 0 saturated carbocycles. The molecule has 9 heteroatoms. The molecule has 1 heterocycles. The number of allylic oxidation sites excluding steroid dienone is 8. The second kappa shape index (κ2) is 33.0. The first kappa shape index (κ1) is 46.2. The van der Waals surface area contributed by atoms with Gasteiger partial charge in [0, 0.05) is 13.0 Å². The third-order valence-corrected chi connectivity index (χ3v) is 8.73. The molecule has 290 valence electrons. The third kappa shape index (κ3) is 24.4. The molecule has 0 radical (unpaired) electrons. The van der Waals surface area contributed by atoms with Crippen molar-refractivity contribution in [3.05, 3.63) is 48.6 Å². The van der Waals surface area contributed by atoms with Gasteiger partial charge in [0.2, 0.25) is 0 Å². The fraction of sp³-hybridized carbons (Fsp3) is 0.780. The number of aliphatic hydroxyl groups excluding tert-OH is 4. The van der Waals surface area contributed by atoms with Crippen LogP contribution in [0.1, 0.15) is 142 Å². The van der Waals surface area contributed by atoms with E-state index in [1.807, 2.05) is 0 Å². The molecule has 1 rings (SSSR count). The van der Waals surface area contributed by atoms with E-state index in [-0.39, 0.29) is 25.6 Å². The Morgan fingerprint density at radius 1 is 0.660 bits per heavy atom. The molecule has 1 fully saturated rings. The van der Waals surface area contributed by atoms with Gasteiger partial charge in [0.15, 0.2) is 6.29 Å². The first-order valence-corrected chi connectivity index (χ1v) is 19.7. The van der Waals surface area contributed by atoms with Gasteiger partial charge in [0.25, 0.3) is 0 Å². The van der Waals surface area contributed by atoms with Gasteiger partial charge in [-0.1, -0.05) is 114 Å². The van der Waals surface area contributed by atoms with Crippen LogP contribution in [0.2, 0.25) is 0 Å². The summed E-state index contributed by atoms with van der Waals surface area (Å²) in [4.78, 5) is 12.7. The number of carbonyl (C=O) groups is 1. The highest BCUT2D eigenvalue weighted by molar-refractivity contribution is 5.69. The van der Waals surface area contributed by atoms with Crippen LogP contribution in [0.4, 0.5) is 0 Å². The lowest BCUT2D eigenvalue weighted by atomic mass is 9.99. The zero-order valence-corrected chi connectivity index (χ0v) is 31.4. The maximum absolute atomic E-state index is 12.7. The first-order chi connectivity index (χ1) is 24.4. The van der Waals surface area contributed by atoms with Crippen LogP contribution in [0.5, 0.6) is 0 Å². The van der Waals surface area contributed by atoms with Gasteiger partial charge in [-0.25, -0.2) is 0 Å². The Labute approximate surface area is 303 Å². The summed E-state index contributed by atoms with van der Waals surface area (Å²) in [6.45, 7) is 4.36. The second-order valence-corrected chi connectivity index (χ2v) is 13.3. The molecule has 1 aliphatic heterocycles. The average Bonchev–Trinajstić information content (AvgIpc) is 3.11. The molecule has 9 nitrogen and oxygen atoms in total. The van der Waals surface area contributed by atoms with Crippen molar-refractivity contribution in [1.29, 1.82) is 0 Å². The van der Waals surface area contributed by atoms with E-state index in [4.69, 9.17) is 18.9 Å². The van der Waals surface area contributed by atoms with Crippen LogP contribution < -0.4 is 0 Å². The molecular weight excluding hydrogens is 636 g/mol. The molecule has 0 spiro atoms. The Kier molecular flexibility index (Phi) is 30.5. The number of unbranched alkanes of at least 4 members (excludes halogenated alkanes) is 13. The van der Waals surface area contributed by atoms with Crippen molar-refractivity contribution in [3.63, 3.8) is 0 Å². The average molecular weight is 709 g/mol. The van der Waals surface area contributed by atoms with E-state index in [9.17, 15) is 25.2 Å². The SMILES string of the molecule is CC/C=C\C/C=C\C/C=C\CCCCCC(=O)OC(COCCCCCCCC/C=C\CCCCCC)COC1OC(CO)C(O)C(O)C1O. The van der Waals surface area contributed by atoms with E-state index in [0.29, 0.717) is 13.0 Å². The largest absolute Gasteiger partial charge is 0.457 e. The Morgan fingerprint density at radius 3 is 1.86 bits per heavy atom. The third-order valence-electron chi connectivity index (χ3n) is 8.73. The number of ether oxygens (including phenoxy) is 4. The first-order valence-electron chi connectivity index (χ1n) is 19.7. The van der Waals surface area contributed by atoms with Gasteiger partial charge in [-0.2, -0.15) is 0 Å². The Bertz CT molecular complexity index is 900. The fourth-order valence-corrected chi connectivity index (χ4v) is 5.62. The van der Waals surface area contributed by atoms with Gasteiger partial charge in [0.05, 0.1) is 19.8 Å². The van der Waals surface area contributed by atoms with E-state index in [1.54, 1.807) is 0 Å². The highest BCUT2D eigenvalue weighted by Gasteiger charge is 2.44. The quantitative estimate of drug-likeness (QED) is 0.0314. The van der Waals surface area contributed by atoms with Crippen LogP contribution in [-0.2, 0) is 23.7 Å². The monoisotopic (exact) mass is 709 g/mol. The van der Waals surface area contributed by atoms with Crippen LogP contribution in [0, 0.1) is 0 Å². The lowest BCUT2D eigenvalue weighted by Crippen LogP contribution is -2.59. The summed E-state index contributed by atoms with van der Waals surface area (Å²) < 4.78 is 22.7. The number of aliphatic hydroxyl groups is 4. The van der Waals surface area contributed by atoms with Gasteiger partial charge in [-0.15, -0.1) is 0 Å². The number of hydrogen-bond acceptors (Lipinski definition) is 9. The molecule has 6 atom stereocenters. The summed E-state index contributed by atoms with van der Waals surface area (Å²) in [6, 6.07) is 0. The Balaban J connectivity index is 2.35. The van der Waals surface area contributed by atoms with Crippen molar-refractivity contribution in [2.24, 2.45) is 0 Å². The normalized spacial score (nSPS) is 22.1. The molecule has 0 amide bonds. The minimum absolute atomic E-state index is 0.127. The number of hydrogen-bond donors (Lipinski definition) is 4. The predicted octanol–water partition coefficient (Wildman–Crippen LogP) is 7.80. The maximum Gasteiger partial charge on any atom is 0.306 e. The van der Waals surface area contributed by atoms with Gasteiger partial charge < -0.3 is 39.4 Å². The zero-order valence-electron chi connectivity index (χ0n) is 31.4. The van der Waals surface area contributed by atoms with Crippen LogP contribution >= 0.6 is 0 Å². The summed E-state index contributed by atoms with van der Waals surface area (Å²) in [6.07, 6.45) is 31.4. The summed E-state index contributed by atoms with van der Waals surface area (Å²) in [7, 11) is 0. The highest BCUT2D eigenvalue weighted by atomic mass is 16.7. The van der Waals surface area contributed by atoms with E-state index in [2.05, 4.69) is 62.5 Å². The van der Waals surface area contributed by atoms with Crippen molar-refractivity contribution in [1.82, 2.24) is 0 Å². The van der Waals surface area contributed by atoms with Crippen LogP contribution in [0.25, 0.3) is 0 Å². The smallest absolute Gasteiger partial charge is 0.306 e. The number of rotatable bonds is 32. The molecule has 1 saturated heterocycles. The molecule has 0 aromatic carbocycles. The molecule has 50 heavy (non-hydrogen) atoms. The Morgan fingerprint density at radius 2 is 1.22 bits per heavy atom. The standard InChI is InChI=1S/C41H72O9/c1-3-5-7-9-11-13-15-17-19-21-23-25-27-29-31-47-33-35(34-48-41-40(46)39(45)38(44)36(32-42)50-41)49-37(43)30-28-26-24-22-20-18-16-14-12-10-8-6-4-2/h6,8,12-15,18,20,35-36,38-42,44-46H,3-5,7,9-11,16-17,19,21-34H2,1-2H3/b8-6-,14-12-,15-13-,20-18-. The van der Waals surface area contributed by atoms with E-state index in [0.717, 1.165) is 64.2 Å². The van der Waals surface area contributed by atoms with Gasteiger partial charge in [-0.3, -0.25) is 4.79 Å². The van der Waals surface area contributed by atoms with Crippen LogP contribution in [0.3, 0.4) is 0 Å².